The number of hydrogen-bond acceptors (Lipinski definition) is 3. The molecule has 0 aromatic heterocycles. The minimum atomic E-state index is -3.64. The molecule has 2 rings (SSSR count). The highest BCUT2D eigenvalue weighted by atomic mass is 35.5. The van der Waals surface area contributed by atoms with Crippen molar-refractivity contribution in [1.29, 1.82) is 0 Å². The number of nitrogens with one attached hydrogen (secondary N) is 2. The van der Waals surface area contributed by atoms with Gasteiger partial charge >= 0.3 is 6.03 Å². The normalized spacial score (nSPS) is 19.1. The van der Waals surface area contributed by atoms with E-state index >= 15 is 0 Å². The maximum absolute atomic E-state index is 12.7. The summed E-state index contributed by atoms with van der Waals surface area (Å²) in [5.74, 6) is 0. The second-order valence-corrected chi connectivity index (χ2v) is 7.45. The average molecular weight is 346 g/mol. The number of halogens is 1. The monoisotopic (exact) mass is 345 g/mol. The first-order valence-corrected chi connectivity index (χ1v) is 9.08. The summed E-state index contributed by atoms with van der Waals surface area (Å²) in [6.45, 7) is 2.90. The van der Waals surface area contributed by atoms with E-state index in [-0.39, 0.29) is 10.9 Å². The van der Waals surface area contributed by atoms with Crippen molar-refractivity contribution in [3.8, 4) is 0 Å². The quantitative estimate of drug-likeness (QED) is 0.858. The van der Waals surface area contributed by atoms with E-state index in [2.05, 4.69) is 10.6 Å². The van der Waals surface area contributed by atoms with Gasteiger partial charge in [0.05, 0.1) is 11.1 Å². The molecule has 1 aliphatic heterocycles. The first-order valence-electron chi connectivity index (χ1n) is 7.27. The van der Waals surface area contributed by atoms with Crippen LogP contribution in [0.3, 0.4) is 0 Å². The van der Waals surface area contributed by atoms with Crippen LogP contribution in [0.1, 0.15) is 26.2 Å². The van der Waals surface area contributed by atoms with Gasteiger partial charge in [-0.25, -0.2) is 13.2 Å². The van der Waals surface area contributed by atoms with Gasteiger partial charge in [0.2, 0.25) is 10.0 Å². The SMILES string of the molecule is CCCNC(=O)N[C@H]1CCCN1S(=O)(=O)c1ccc(Cl)cc1. The Bertz CT molecular complexity index is 619. The molecule has 0 radical (unpaired) electrons. The molecule has 1 heterocycles. The Hall–Kier alpha value is -1.31. The number of urea groups is 1. The summed E-state index contributed by atoms with van der Waals surface area (Å²) in [6, 6.07) is 5.70. The first-order chi connectivity index (χ1) is 10.4. The van der Waals surface area contributed by atoms with E-state index in [4.69, 9.17) is 11.6 Å². The molecule has 122 valence electrons. The third kappa shape index (κ3) is 3.91. The lowest BCUT2D eigenvalue weighted by atomic mass is 10.3. The Balaban J connectivity index is 2.12. The van der Waals surface area contributed by atoms with Crippen LogP contribution in [0.15, 0.2) is 29.2 Å². The molecule has 1 saturated heterocycles. The van der Waals surface area contributed by atoms with E-state index in [1.54, 1.807) is 12.1 Å². The third-order valence-corrected chi connectivity index (χ3v) is 5.63. The van der Waals surface area contributed by atoms with Crippen molar-refractivity contribution in [2.24, 2.45) is 0 Å². The second-order valence-electron chi connectivity index (χ2n) is 5.13. The fourth-order valence-corrected chi connectivity index (χ4v) is 4.09. The van der Waals surface area contributed by atoms with Crippen LogP contribution in [0.2, 0.25) is 5.02 Å². The summed E-state index contributed by atoms with van der Waals surface area (Å²) in [5.41, 5.74) is 0. The number of rotatable bonds is 5. The van der Waals surface area contributed by atoms with Gasteiger partial charge in [-0.05, 0) is 43.5 Å². The molecule has 0 bridgehead atoms. The van der Waals surface area contributed by atoms with Gasteiger partial charge in [-0.15, -0.1) is 0 Å². The van der Waals surface area contributed by atoms with Crippen LogP contribution < -0.4 is 10.6 Å². The molecule has 1 fully saturated rings. The highest BCUT2D eigenvalue weighted by molar-refractivity contribution is 7.89. The zero-order chi connectivity index (χ0) is 16.2. The van der Waals surface area contributed by atoms with Crippen LogP contribution in [-0.2, 0) is 10.0 Å². The molecule has 2 amide bonds. The Labute approximate surface area is 135 Å². The zero-order valence-corrected chi connectivity index (χ0v) is 14.0. The van der Waals surface area contributed by atoms with Crippen molar-refractivity contribution in [3.05, 3.63) is 29.3 Å². The molecule has 1 aliphatic rings. The lowest BCUT2D eigenvalue weighted by Crippen LogP contribution is -2.50. The molecule has 22 heavy (non-hydrogen) atoms. The largest absolute Gasteiger partial charge is 0.338 e. The van der Waals surface area contributed by atoms with E-state index in [1.807, 2.05) is 6.92 Å². The molecule has 0 unspecified atom stereocenters. The number of carbonyl (C=O) groups is 1. The fourth-order valence-electron chi connectivity index (χ4n) is 2.36. The Morgan fingerprint density at radius 3 is 2.68 bits per heavy atom. The molecule has 0 aliphatic carbocycles. The molecular weight excluding hydrogens is 326 g/mol. The Morgan fingerprint density at radius 2 is 2.05 bits per heavy atom. The summed E-state index contributed by atoms with van der Waals surface area (Å²) in [6.07, 6.45) is 1.63. The van der Waals surface area contributed by atoms with Crippen molar-refractivity contribution in [2.45, 2.75) is 37.2 Å². The number of benzene rings is 1. The number of hydrogen-bond donors (Lipinski definition) is 2. The third-order valence-electron chi connectivity index (χ3n) is 3.46. The molecule has 0 saturated carbocycles. The van der Waals surface area contributed by atoms with Crippen LogP contribution in [0, 0.1) is 0 Å². The lowest BCUT2D eigenvalue weighted by molar-refractivity contribution is 0.228. The van der Waals surface area contributed by atoms with Crippen molar-refractivity contribution < 1.29 is 13.2 Å². The standard InChI is InChI=1S/C14H20ClN3O3S/c1-2-9-16-14(19)17-13-4-3-10-18(13)22(20,21)12-7-5-11(15)6-8-12/h5-8,13H,2-4,9-10H2,1H3,(H2,16,17,19)/t13-/m1/s1. The maximum atomic E-state index is 12.7. The van der Waals surface area contributed by atoms with Gasteiger partial charge in [0, 0.05) is 18.1 Å². The van der Waals surface area contributed by atoms with E-state index < -0.39 is 16.2 Å². The van der Waals surface area contributed by atoms with Gasteiger partial charge in [0.1, 0.15) is 0 Å². The summed E-state index contributed by atoms with van der Waals surface area (Å²) in [7, 11) is -3.64. The lowest BCUT2D eigenvalue weighted by Gasteiger charge is -2.25. The topological polar surface area (TPSA) is 78.5 Å². The maximum Gasteiger partial charge on any atom is 0.316 e. The van der Waals surface area contributed by atoms with Gasteiger partial charge in [-0.1, -0.05) is 18.5 Å². The fraction of sp³-hybridized carbons (Fsp3) is 0.500. The molecule has 1 aromatic carbocycles. The highest BCUT2D eigenvalue weighted by Gasteiger charge is 2.36. The summed E-state index contributed by atoms with van der Waals surface area (Å²) >= 11 is 5.79. The van der Waals surface area contributed by atoms with E-state index in [1.165, 1.54) is 16.4 Å². The Kier molecular flexibility index (Phi) is 5.66. The van der Waals surface area contributed by atoms with Gasteiger partial charge in [0.15, 0.2) is 0 Å². The van der Waals surface area contributed by atoms with E-state index in [0.29, 0.717) is 31.0 Å². The number of amides is 2. The van der Waals surface area contributed by atoms with Gasteiger partial charge in [-0.3, -0.25) is 0 Å². The van der Waals surface area contributed by atoms with Gasteiger partial charge in [-0.2, -0.15) is 4.31 Å². The average Bonchev–Trinajstić information content (AvgIpc) is 2.94. The van der Waals surface area contributed by atoms with Crippen molar-refractivity contribution in [1.82, 2.24) is 14.9 Å². The summed E-state index contributed by atoms with van der Waals surface area (Å²) < 4.78 is 26.7. The molecular formula is C14H20ClN3O3S. The molecule has 1 atom stereocenters. The molecule has 0 spiro atoms. The molecule has 8 heteroatoms. The van der Waals surface area contributed by atoms with Crippen molar-refractivity contribution in [2.75, 3.05) is 13.1 Å². The number of nitrogens with zero attached hydrogens (tertiary/aromatic N) is 1. The smallest absolute Gasteiger partial charge is 0.316 e. The zero-order valence-electron chi connectivity index (χ0n) is 12.4. The second kappa shape index (κ2) is 7.30. The summed E-state index contributed by atoms with van der Waals surface area (Å²) in [4.78, 5) is 11.9. The first kappa shape index (κ1) is 17.1. The Morgan fingerprint density at radius 1 is 1.36 bits per heavy atom. The van der Waals surface area contributed by atoms with Gasteiger partial charge < -0.3 is 10.6 Å². The van der Waals surface area contributed by atoms with Gasteiger partial charge in [0.25, 0.3) is 0 Å². The van der Waals surface area contributed by atoms with Crippen LogP contribution >= 0.6 is 11.6 Å². The van der Waals surface area contributed by atoms with Crippen molar-refractivity contribution in [3.63, 3.8) is 0 Å². The van der Waals surface area contributed by atoms with Crippen LogP contribution in [0.4, 0.5) is 4.79 Å². The van der Waals surface area contributed by atoms with Crippen molar-refractivity contribution >= 4 is 27.7 Å². The minimum absolute atomic E-state index is 0.180. The van der Waals surface area contributed by atoms with E-state index in [9.17, 15) is 13.2 Å². The highest BCUT2D eigenvalue weighted by Crippen LogP contribution is 2.25. The predicted octanol–water partition coefficient (Wildman–Crippen LogP) is 2.16. The molecule has 1 aromatic rings. The van der Waals surface area contributed by atoms with Crippen LogP contribution in [0.25, 0.3) is 0 Å². The minimum Gasteiger partial charge on any atom is -0.338 e. The van der Waals surface area contributed by atoms with Crippen LogP contribution in [-0.4, -0.2) is 38.0 Å². The van der Waals surface area contributed by atoms with E-state index in [0.717, 1.165) is 6.42 Å². The number of carbonyl (C=O) groups excluding carboxylic acids is 1. The molecule has 6 nitrogen and oxygen atoms in total. The summed E-state index contributed by atoms with van der Waals surface area (Å²) in [5, 5.41) is 5.89. The predicted molar refractivity (Wildman–Crippen MR) is 85.2 cm³/mol. The number of sulfonamides is 1. The van der Waals surface area contributed by atoms with Crippen LogP contribution in [0.5, 0.6) is 0 Å². The molecule has 2 N–H and O–H groups in total.